The minimum atomic E-state index is 0.843. The quantitative estimate of drug-likeness (QED) is 0.548. The lowest BCUT2D eigenvalue weighted by Gasteiger charge is -2.02. The van der Waals surface area contributed by atoms with Crippen LogP contribution in [0.25, 0.3) is 0 Å². The Hall–Kier alpha value is -1.15. The number of aromatic nitrogens is 1. The lowest BCUT2D eigenvalue weighted by Crippen LogP contribution is -2.15. The molecule has 0 saturated heterocycles. The third-order valence-corrected chi connectivity index (χ3v) is 1.78. The molecule has 1 rings (SSSR count). The molecule has 1 heterocycles. The fourth-order valence-electron chi connectivity index (χ4n) is 1.12. The number of pyridine rings is 1. The first-order chi connectivity index (χ1) is 6.33. The highest BCUT2D eigenvalue weighted by molar-refractivity contribution is 5.09. The van der Waals surface area contributed by atoms with Crippen LogP contribution in [0.15, 0.2) is 30.9 Å². The summed E-state index contributed by atoms with van der Waals surface area (Å²) in [5.41, 5.74) is 2.17. The smallest absolute Gasteiger partial charge is 0.0544 e. The summed E-state index contributed by atoms with van der Waals surface area (Å²) in [7, 11) is 0. The van der Waals surface area contributed by atoms with Crippen LogP contribution in [-0.2, 0) is 6.54 Å². The Kier molecular flexibility index (Phi) is 4.19. The summed E-state index contributed by atoms with van der Waals surface area (Å²) >= 11 is 0. The summed E-state index contributed by atoms with van der Waals surface area (Å²) in [6, 6.07) is 6.08. The molecule has 0 spiro atoms. The predicted octanol–water partition coefficient (Wildman–Crippen LogP) is 2.06. The number of hydrogen-bond donors (Lipinski definition) is 1. The second kappa shape index (κ2) is 5.49. The van der Waals surface area contributed by atoms with Gasteiger partial charge in [-0.15, -0.1) is 6.58 Å². The molecule has 2 nitrogen and oxygen atoms in total. The van der Waals surface area contributed by atoms with Crippen molar-refractivity contribution in [1.29, 1.82) is 0 Å². The standard InChI is InChI=1S/C11H16N2/c1-3-4-8-12-9-11-7-5-6-10(2)13-11/h3,5-7,12H,1,4,8-9H2,2H3. The predicted molar refractivity (Wildman–Crippen MR) is 55.5 cm³/mol. The Morgan fingerprint density at radius 2 is 2.38 bits per heavy atom. The molecular formula is C11H16N2. The van der Waals surface area contributed by atoms with Gasteiger partial charge in [0, 0.05) is 12.2 Å². The van der Waals surface area contributed by atoms with Crippen molar-refractivity contribution in [1.82, 2.24) is 10.3 Å². The molecule has 2 heteroatoms. The van der Waals surface area contributed by atoms with Gasteiger partial charge < -0.3 is 5.32 Å². The van der Waals surface area contributed by atoms with Crippen molar-refractivity contribution >= 4 is 0 Å². The maximum absolute atomic E-state index is 4.38. The second-order valence-corrected chi connectivity index (χ2v) is 3.02. The van der Waals surface area contributed by atoms with E-state index < -0.39 is 0 Å². The van der Waals surface area contributed by atoms with E-state index in [1.54, 1.807) is 0 Å². The summed E-state index contributed by atoms with van der Waals surface area (Å²) in [6.07, 6.45) is 2.92. The first kappa shape index (κ1) is 9.93. The van der Waals surface area contributed by atoms with Gasteiger partial charge in [0.2, 0.25) is 0 Å². The van der Waals surface area contributed by atoms with Crippen LogP contribution < -0.4 is 5.32 Å². The zero-order chi connectivity index (χ0) is 9.52. The third kappa shape index (κ3) is 3.85. The zero-order valence-electron chi connectivity index (χ0n) is 8.09. The molecule has 0 atom stereocenters. The van der Waals surface area contributed by atoms with Gasteiger partial charge in [0.05, 0.1) is 5.69 Å². The van der Waals surface area contributed by atoms with Gasteiger partial charge in [-0.3, -0.25) is 4.98 Å². The van der Waals surface area contributed by atoms with E-state index >= 15 is 0 Å². The average molecular weight is 176 g/mol. The van der Waals surface area contributed by atoms with Crippen LogP contribution in [0.3, 0.4) is 0 Å². The highest BCUT2D eigenvalue weighted by atomic mass is 14.9. The van der Waals surface area contributed by atoms with Crippen LogP contribution in [0.1, 0.15) is 17.8 Å². The van der Waals surface area contributed by atoms with Gasteiger partial charge in [-0.2, -0.15) is 0 Å². The van der Waals surface area contributed by atoms with E-state index in [1.165, 1.54) is 0 Å². The van der Waals surface area contributed by atoms with Gasteiger partial charge in [-0.05, 0) is 32.0 Å². The minimum Gasteiger partial charge on any atom is -0.311 e. The van der Waals surface area contributed by atoms with Crippen molar-refractivity contribution in [2.75, 3.05) is 6.54 Å². The Balaban J connectivity index is 2.32. The van der Waals surface area contributed by atoms with E-state index in [2.05, 4.69) is 16.9 Å². The SMILES string of the molecule is C=CCCNCc1cccc(C)n1. The van der Waals surface area contributed by atoms with Gasteiger partial charge in [-0.1, -0.05) is 12.1 Å². The van der Waals surface area contributed by atoms with Crippen molar-refractivity contribution < 1.29 is 0 Å². The Morgan fingerprint density at radius 1 is 1.54 bits per heavy atom. The molecule has 0 radical (unpaired) electrons. The van der Waals surface area contributed by atoms with Crippen LogP contribution in [0.2, 0.25) is 0 Å². The lowest BCUT2D eigenvalue weighted by atomic mass is 10.3. The maximum atomic E-state index is 4.38. The molecule has 0 aromatic carbocycles. The first-order valence-corrected chi connectivity index (χ1v) is 4.57. The van der Waals surface area contributed by atoms with Gasteiger partial charge >= 0.3 is 0 Å². The van der Waals surface area contributed by atoms with Crippen molar-refractivity contribution in [3.05, 3.63) is 42.2 Å². The largest absolute Gasteiger partial charge is 0.311 e. The van der Waals surface area contributed by atoms with E-state index in [0.717, 1.165) is 30.9 Å². The number of aryl methyl sites for hydroxylation is 1. The second-order valence-electron chi connectivity index (χ2n) is 3.02. The molecule has 0 amide bonds. The monoisotopic (exact) mass is 176 g/mol. The number of nitrogens with zero attached hydrogens (tertiary/aromatic N) is 1. The molecule has 1 N–H and O–H groups in total. The summed E-state index contributed by atoms with van der Waals surface area (Å²) < 4.78 is 0. The average Bonchev–Trinajstić information content (AvgIpc) is 2.13. The molecule has 13 heavy (non-hydrogen) atoms. The van der Waals surface area contributed by atoms with Crippen LogP contribution >= 0.6 is 0 Å². The number of hydrogen-bond acceptors (Lipinski definition) is 2. The van der Waals surface area contributed by atoms with Crippen LogP contribution in [0.5, 0.6) is 0 Å². The lowest BCUT2D eigenvalue weighted by molar-refractivity contribution is 0.681. The summed E-state index contributed by atoms with van der Waals surface area (Å²) in [5, 5.41) is 3.30. The van der Waals surface area contributed by atoms with Crippen molar-refractivity contribution in [3.63, 3.8) is 0 Å². The Bertz CT molecular complexity index is 269. The molecule has 0 saturated carbocycles. The van der Waals surface area contributed by atoms with Crippen LogP contribution in [-0.4, -0.2) is 11.5 Å². The fourth-order valence-corrected chi connectivity index (χ4v) is 1.12. The maximum Gasteiger partial charge on any atom is 0.0544 e. The minimum absolute atomic E-state index is 0.843. The normalized spacial score (nSPS) is 9.92. The topological polar surface area (TPSA) is 24.9 Å². The van der Waals surface area contributed by atoms with E-state index in [9.17, 15) is 0 Å². The molecule has 1 aromatic rings. The molecule has 0 bridgehead atoms. The molecule has 0 aliphatic carbocycles. The van der Waals surface area contributed by atoms with Crippen LogP contribution in [0, 0.1) is 6.92 Å². The van der Waals surface area contributed by atoms with Crippen LogP contribution in [0.4, 0.5) is 0 Å². The number of rotatable bonds is 5. The van der Waals surface area contributed by atoms with Crippen molar-refractivity contribution in [2.24, 2.45) is 0 Å². The van der Waals surface area contributed by atoms with E-state index in [4.69, 9.17) is 0 Å². The van der Waals surface area contributed by atoms with Gasteiger partial charge in [-0.25, -0.2) is 0 Å². The molecule has 70 valence electrons. The van der Waals surface area contributed by atoms with Gasteiger partial charge in [0.25, 0.3) is 0 Å². The van der Waals surface area contributed by atoms with Crippen molar-refractivity contribution in [2.45, 2.75) is 19.9 Å². The summed E-state index contributed by atoms with van der Waals surface area (Å²) in [4.78, 5) is 4.38. The van der Waals surface area contributed by atoms with Gasteiger partial charge in [0.15, 0.2) is 0 Å². The Morgan fingerprint density at radius 3 is 3.08 bits per heavy atom. The molecule has 0 aliphatic heterocycles. The zero-order valence-corrected chi connectivity index (χ0v) is 8.09. The highest BCUT2D eigenvalue weighted by Crippen LogP contribution is 1.97. The Labute approximate surface area is 79.7 Å². The highest BCUT2D eigenvalue weighted by Gasteiger charge is 1.92. The molecular weight excluding hydrogens is 160 g/mol. The third-order valence-electron chi connectivity index (χ3n) is 1.78. The van der Waals surface area contributed by atoms with E-state index in [0.29, 0.717) is 0 Å². The molecule has 0 aliphatic rings. The van der Waals surface area contributed by atoms with Crippen molar-refractivity contribution in [3.8, 4) is 0 Å². The molecule has 1 aromatic heterocycles. The summed E-state index contributed by atoms with van der Waals surface area (Å²) in [6.45, 7) is 7.49. The van der Waals surface area contributed by atoms with Gasteiger partial charge in [0.1, 0.15) is 0 Å². The summed E-state index contributed by atoms with van der Waals surface area (Å²) in [5.74, 6) is 0. The van der Waals surface area contributed by atoms with E-state index in [1.807, 2.05) is 31.2 Å². The van der Waals surface area contributed by atoms with E-state index in [-0.39, 0.29) is 0 Å². The molecule has 0 fully saturated rings. The number of nitrogens with one attached hydrogen (secondary N) is 1. The molecule has 0 unspecified atom stereocenters. The first-order valence-electron chi connectivity index (χ1n) is 4.57. The fraction of sp³-hybridized carbons (Fsp3) is 0.364.